The Morgan fingerprint density at radius 2 is 2.13 bits per heavy atom. The lowest BCUT2D eigenvalue weighted by atomic mass is 10.1. The third-order valence-electron chi connectivity index (χ3n) is 2.13. The number of aliphatic hydroxyl groups is 1. The Labute approximate surface area is 87.9 Å². The summed E-state index contributed by atoms with van der Waals surface area (Å²) in [6.45, 7) is 2.35. The molecule has 0 saturated carbocycles. The van der Waals surface area contributed by atoms with Crippen molar-refractivity contribution < 1.29 is 13.9 Å². The summed E-state index contributed by atoms with van der Waals surface area (Å²) >= 11 is 0. The zero-order chi connectivity index (χ0) is 11.3. The molecule has 0 radical (unpaired) electrons. The van der Waals surface area contributed by atoms with E-state index >= 15 is 0 Å². The highest BCUT2D eigenvalue weighted by molar-refractivity contribution is 5.24. The van der Waals surface area contributed by atoms with Crippen molar-refractivity contribution in [3.05, 3.63) is 35.4 Å². The molecule has 1 unspecified atom stereocenters. The molecule has 0 saturated heterocycles. The average Bonchev–Trinajstić information content (AvgIpc) is 2.26. The van der Waals surface area contributed by atoms with Crippen molar-refractivity contribution >= 4 is 0 Å². The predicted octanol–water partition coefficient (Wildman–Crippen LogP) is 2.09. The number of alkyl halides is 2. The molecule has 0 aliphatic heterocycles. The zero-order valence-corrected chi connectivity index (χ0v) is 8.58. The van der Waals surface area contributed by atoms with Gasteiger partial charge in [-0.3, -0.25) is 0 Å². The van der Waals surface area contributed by atoms with E-state index in [0.717, 1.165) is 5.56 Å². The minimum absolute atomic E-state index is 0.0276. The molecular formula is C11H15F2NO. The summed E-state index contributed by atoms with van der Waals surface area (Å²) in [4.78, 5) is 0. The Morgan fingerprint density at radius 3 is 2.73 bits per heavy atom. The van der Waals surface area contributed by atoms with Crippen molar-refractivity contribution in [3.8, 4) is 0 Å². The summed E-state index contributed by atoms with van der Waals surface area (Å²) in [6, 6.07) is 6.25. The first-order chi connectivity index (χ1) is 7.13. The lowest BCUT2D eigenvalue weighted by Gasteiger charge is -2.11. The van der Waals surface area contributed by atoms with Crippen molar-refractivity contribution in [2.45, 2.75) is 25.9 Å². The van der Waals surface area contributed by atoms with Crippen LogP contribution in [0.5, 0.6) is 0 Å². The molecule has 0 aliphatic carbocycles. The van der Waals surface area contributed by atoms with Crippen molar-refractivity contribution in [2.75, 3.05) is 6.61 Å². The van der Waals surface area contributed by atoms with Gasteiger partial charge in [0.05, 0.1) is 6.61 Å². The predicted molar refractivity (Wildman–Crippen MR) is 54.8 cm³/mol. The van der Waals surface area contributed by atoms with Crippen LogP contribution in [-0.4, -0.2) is 17.8 Å². The molecule has 1 rings (SSSR count). The van der Waals surface area contributed by atoms with E-state index in [9.17, 15) is 8.78 Å². The van der Waals surface area contributed by atoms with Crippen LogP contribution in [0.15, 0.2) is 24.3 Å². The third kappa shape index (κ3) is 3.93. The lowest BCUT2D eigenvalue weighted by Crippen LogP contribution is -2.28. The minimum atomic E-state index is -2.43. The lowest BCUT2D eigenvalue weighted by molar-refractivity contribution is 0.151. The number of benzene rings is 1. The zero-order valence-electron chi connectivity index (χ0n) is 8.58. The topological polar surface area (TPSA) is 32.3 Å². The molecule has 1 atom stereocenters. The van der Waals surface area contributed by atoms with Gasteiger partial charge >= 0.3 is 0 Å². The van der Waals surface area contributed by atoms with E-state index in [1.54, 1.807) is 12.1 Å². The van der Waals surface area contributed by atoms with Gasteiger partial charge in [0.25, 0.3) is 6.43 Å². The maximum Gasteiger partial charge on any atom is 0.263 e. The first kappa shape index (κ1) is 12.1. The molecule has 15 heavy (non-hydrogen) atoms. The number of halogens is 2. The molecule has 84 valence electrons. The monoisotopic (exact) mass is 215 g/mol. The van der Waals surface area contributed by atoms with Gasteiger partial charge in [0.2, 0.25) is 0 Å². The quantitative estimate of drug-likeness (QED) is 0.788. The van der Waals surface area contributed by atoms with Crippen molar-refractivity contribution in [1.82, 2.24) is 5.32 Å². The Kier molecular flexibility index (Phi) is 4.65. The van der Waals surface area contributed by atoms with Gasteiger partial charge in [-0.1, -0.05) is 18.2 Å². The van der Waals surface area contributed by atoms with Gasteiger partial charge in [0, 0.05) is 18.2 Å². The van der Waals surface area contributed by atoms with Gasteiger partial charge in [-0.15, -0.1) is 0 Å². The summed E-state index contributed by atoms with van der Waals surface area (Å²) in [5.74, 6) is 0. The highest BCUT2D eigenvalue weighted by Gasteiger charge is 2.07. The average molecular weight is 215 g/mol. The summed E-state index contributed by atoms with van der Waals surface area (Å²) in [6.07, 6.45) is -2.43. The van der Waals surface area contributed by atoms with Gasteiger partial charge in [-0.2, -0.15) is 0 Å². The molecule has 4 heteroatoms. The Balaban J connectivity index is 2.58. The van der Waals surface area contributed by atoms with Gasteiger partial charge in [0.1, 0.15) is 0 Å². The van der Waals surface area contributed by atoms with Crippen LogP contribution in [-0.2, 0) is 6.54 Å². The smallest absolute Gasteiger partial charge is 0.263 e. The van der Waals surface area contributed by atoms with E-state index in [-0.39, 0.29) is 18.2 Å². The maximum absolute atomic E-state index is 12.4. The van der Waals surface area contributed by atoms with E-state index in [1.165, 1.54) is 12.1 Å². The SMILES string of the molecule is CC(CO)NCc1cccc(C(F)F)c1. The molecule has 0 aromatic heterocycles. The number of hydrogen-bond donors (Lipinski definition) is 2. The molecule has 2 nitrogen and oxygen atoms in total. The fraction of sp³-hybridized carbons (Fsp3) is 0.455. The van der Waals surface area contributed by atoms with E-state index < -0.39 is 6.43 Å². The van der Waals surface area contributed by atoms with Crippen molar-refractivity contribution in [3.63, 3.8) is 0 Å². The largest absolute Gasteiger partial charge is 0.395 e. The molecule has 0 fully saturated rings. The third-order valence-corrected chi connectivity index (χ3v) is 2.13. The maximum atomic E-state index is 12.4. The van der Waals surface area contributed by atoms with E-state index in [1.807, 2.05) is 6.92 Å². The summed E-state index contributed by atoms with van der Waals surface area (Å²) in [7, 11) is 0. The number of nitrogens with one attached hydrogen (secondary N) is 1. The summed E-state index contributed by atoms with van der Waals surface area (Å²) < 4.78 is 24.7. The van der Waals surface area contributed by atoms with Gasteiger partial charge in [0.15, 0.2) is 0 Å². The van der Waals surface area contributed by atoms with Crippen LogP contribution in [0.1, 0.15) is 24.5 Å². The number of rotatable bonds is 5. The number of hydrogen-bond acceptors (Lipinski definition) is 2. The fourth-order valence-corrected chi connectivity index (χ4v) is 1.20. The van der Waals surface area contributed by atoms with E-state index in [2.05, 4.69) is 5.32 Å². The van der Waals surface area contributed by atoms with Crippen molar-refractivity contribution in [2.24, 2.45) is 0 Å². The number of aliphatic hydroxyl groups excluding tert-OH is 1. The Hall–Kier alpha value is -1.00. The van der Waals surface area contributed by atoms with Crippen LogP contribution < -0.4 is 5.32 Å². The Bertz CT molecular complexity index is 304. The van der Waals surface area contributed by atoms with Gasteiger partial charge in [-0.25, -0.2) is 8.78 Å². The summed E-state index contributed by atoms with van der Waals surface area (Å²) in [5.41, 5.74) is 0.832. The summed E-state index contributed by atoms with van der Waals surface area (Å²) in [5, 5.41) is 11.8. The van der Waals surface area contributed by atoms with Crippen LogP contribution >= 0.6 is 0 Å². The molecule has 2 N–H and O–H groups in total. The molecule has 0 bridgehead atoms. The van der Waals surface area contributed by atoms with E-state index in [0.29, 0.717) is 6.54 Å². The van der Waals surface area contributed by atoms with Crippen LogP contribution in [0.4, 0.5) is 8.78 Å². The van der Waals surface area contributed by atoms with Crippen LogP contribution in [0.2, 0.25) is 0 Å². The second-order valence-electron chi connectivity index (χ2n) is 3.51. The van der Waals surface area contributed by atoms with Crippen molar-refractivity contribution in [1.29, 1.82) is 0 Å². The first-order valence-corrected chi connectivity index (χ1v) is 4.84. The van der Waals surface area contributed by atoms with Gasteiger partial charge in [-0.05, 0) is 18.6 Å². The molecule has 0 spiro atoms. The molecular weight excluding hydrogens is 200 g/mol. The molecule has 0 heterocycles. The van der Waals surface area contributed by atoms with Crippen LogP contribution in [0.3, 0.4) is 0 Å². The van der Waals surface area contributed by atoms with E-state index in [4.69, 9.17) is 5.11 Å². The first-order valence-electron chi connectivity index (χ1n) is 4.84. The fourth-order valence-electron chi connectivity index (χ4n) is 1.20. The Morgan fingerprint density at radius 1 is 1.40 bits per heavy atom. The van der Waals surface area contributed by atoms with Crippen LogP contribution in [0, 0.1) is 0 Å². The standard InChI is InChI=1S/C11H15F2NO/c1-8(7-15)14-6-9-3-2-4-10(5-9)11(12)13/h2-5,8,11,14-15H,6-7H2,1H3. The second kappa shape index (κ2) is 5.78. The molecule has 1 aromatic carbocycles. The van der Waals surface area contributed by atoms with Gasteiger partial charge < -0.3 is 10.4 Å². The van der Waals surface area contributed by atoms with Crippen LogP contribution in [0.25, 0.3) is 0 Å². The minimum Gasteiger partial charge on any atom is -0.395 e. The highest BCUT2D eigenvalue weighted by atomic mass is 19.3. The highest BCUT2D eigenvalue weighted by Crippen LogP contribution is 2.19. The molecule has 1 aromatic rings. The molecule has 0 amide bonds. The normalized spacial score (nSPS) is 13.1. The molecule has 0 aliphatic rings. The second-order valence-corrected chi connectivity index (χ2v) is 3.51.